The number of hydrogen-bond acceptors (Lipinski definition) is 3. The topological polar surface area (TPSA) is 46.8 Å². The molecule has 1 unspecified atom stereocenters. The molecular weight excluding hydrogens is 290 g/mol. The van der Waals surface area contributed by atoms with Crippen LogP contribution < -0.4 is 0 Å². The van der Waals surface area contributed by atoms with Crippen molar-refractivity contribution in [1.29, 1.82) is 0 Å². The van der Waals surface area contributed by atoms with Gasteiger partial charge in [0.05, 0.1) is 5.69 Å². The zero-order chi connectivity index (χ0) is 16.4. The zero-order valence-corrected chi connectivity index (χ0v) is 14.2. The summed E-state index contributed by atoms with van der Waals surface area (Å²) in [5.41, 5.74) is 1.51. The van der Waals surface area contributed by atoms with Crippen molar-refractivity contribution in [2.24, 2.45) is 0 Å². The lowest BCUT2D eigenvalue weighted by Gasteiger charge is -2.36. The number of ether oxygens (including phenoxy) is 1. The summed E-state index contributed by atoms with van der Waals surface area (Å²) in [4.78, 5) is 19.0. The fraction of sp³-hybridized carbons (Fsp3) is 0.556. The van der Waals surface area contributed by atoms with Crippen LogP contribution in [0.4, 0.5) is 4.79 Å². The number of carbonyl (C=O) groups is 1. The Bertz CT molecular complexity index is 654. The Hall–Kier alpha value is -2.04. The number of nitrogens with zero attached hydrogens (tertiary/aromatic N) is 3. The summed E-state index contributed by atoms with van der Waals surface area (Å²) < 4.78 is 7.59. The molecule has 0 radical (unpaired) electrons. The zero-order valence-electron chi connectivity index (χ0n) is 14.2. The molecule has 1 aliphatic heterocycles. The Labute approximate surface area is 137 Å². The van der Waals surface area contributed by atoms with Crippen molar-refractivity contribution in [3.63, 3.8) is 0 Å². The van der Waals surface area contributed by atoms with Crippen molar-refractivity contribution < 1.29 is 9.53 Å². The van der Waals surface area contributed by atoms with Gasteiger partial charge in [-0.2, -0.15) is 0 Å². The largest absolute Gasteiger partial charge is 0.444 e. The van der Waals surface area contributed by atoms with Crippen molar-refractivity contribution in [2.75, 3.05) is 6.54 Å². The Kier molecular flexibility index (Phi) is 4.28. The average molecular weight is 315 g/mol. The molecule has 1 amide bonds. The number of pyridine rings is 1. The van der Waals surface area contributed by atoms with Gasteiger partial charge in [0.1, 0.15) is 11.2 Å². The van der Waals surface area contributed by atoms with Crippen LogP contribution in [0.1, 0.15) is 45.7 Å². The van der Waals surface area contributed by atoms with Crippen molar-refractivity contribution in [3.8, 4) is 0 Å². The smallest absolute Gasteiger partial charge is 0.410 e. The molecule has 1 atom stereocenters. The maximum atomic E-state index is 12.5. The minimum Gasteiger partial charge on any atom is -0.444 e. The van der Waals surface area contributed by atoms with Gasteiger partial charge in [-0.25, -0.2) is 9.78 Å². The van der Waals surface area contributed by atoms with E-state index in [0.717, 1.165) is 43.6 Å². The number of carbonyl (C=O) groups excluding carboxylic acids is 1. The van der Waals surface area contributed by atoms with E-state index in [4.69, 9.17) is 4.74 Å². The highest BCUT2D eigenvalue weighted by Crippen LogP contribution is 2.23. The SMILES string of the molecule is CC(C)(C)OC(=O)N1CCCCC1Cc1cn2ccccc2n1. The van der Waals surface area contributed by atoms with E-state index in [-0.39, 0.29) is 12.1 Å². The normalized spacial score (nSPS) is 19.1. The highest BCUT2D eigenvalue weighted by molar-refractivity contribution is 5.68. The number of hydrogen-bond donors (Lipinski definition) is 0. The van der Waals surface area contributed by atoms with Gasteiger partial charge in [-0.15, -0.1) is 0 Å². The van der Waals surface area contributed by atoms with Gasteiger partial charge < -0.3 is 14.0 Å². The lowest BCUT2D eigenvalue weighted by Crippen LogP contribution is -2.47. The molecule has 0 aromatic carbocycles. The van der Waals surface area contributed by atoms with Crippen molar-refractivity contribution >= 4 is 11.7 Å². The highest BCUT2D eigenvalue weighted by atomic mass is 16.6. The molecule has 1 saturated heterocycles. The monoisotopic (exact) mass is 315 g/mol. The molecule has 3 rings (SSSR count). The Morgan fingerprint density at radius 3 is 2.91 bits per heavy atom. The van der Waals surface area contributed by atoms with E-state index in [1.165, 1.54) is 0 Å². The van der Waals surface area contributed by atoms with Crippen molar-refractivity contribution in [2.45, 2.75) is 58.1 Å². The molecule has 0 saturated carbocycles. The maximum Gasteiger partial charge on any atom is 0.410 e. The molecule has 124 valence electrons. The second-order valence-corrected chi connectivity index (χ2v) is 7.23. The van der Waals surface area contributed by atoms with Crippen LogP contribution in [-0.2, 0) is 11.2 Å². The van der Waals surface area contributed by atoms with Gasteiger partial charge in [0.25, 0.3) is 0 Å². The molecule has 1 aliphatic rings. The number of aromatic nitrogens is 2. The first kappa shape index (κ1) is 15.8. The standard InChI is InChI=1S/C18H25N3O2/c1-18(2,3)23-17(22)21-11-7-4-8-15(21)12-14-13-20-10-6-5-9-16(20)19-14/h5-6,9-10,13,15H,4,7-8,11-12H2,1-3H3. The number of amides is 1. The minimum absolute atomic E-state index is 0.170. The summed E-state index contributed by atoms with van der Waals surface area (Å²) >= 11 is 0. The summed E-state index contributed by atoms with van der Waals surface area (Å²) in [6.07, 6.45) is 7.83. The van der Waals surface area contributed by atoms with Gasteiger partial charge in [-0.3, -0.25) is 0 Å². The van der Waals surface area contributed by atoms with Crippen LogP contribution in [0.2, 0.25) is 0 Å². The van der Waals surface area contributed by atoms with E-state index >= 15 is 0 Å². The molecular formula is C18H25N3O2. The van der Waals surface area contributed by atoms with E-state index < -0.39 is 5.60 Å². The van der Waals surface area contributed by atoms with Gasteiger partial charge in [0.2, 0.25) is 0 Å². The lowest BCUT2D eigenvalue weighted by atomic mass is 9.98. The molecule has 2 aromatic heterocycles. The lowest BCUT2D eigenvalue weighted by molar-refractivity contribution is 0.00986. The van der Waals surface area contributed by atoms with Crippen LogP contribution in [0.15, 0.2) is 30.6 Å². The second kappa shape index (κ2) is 6.22. The van der Waals surface area contributed by atoms with Crippen LogP contribution in [0.25, 0.3) is 5.65 Å². The number of rotatable bonds is 2. The van der Waals surface area contributed by atoms with E-state index in [1.807, 2.05) is 54.5 Å². The summed E-state index contributed by atoms with van der Waals surface area (Å²) in [5, 5.41) is 0. The van der Waals surface area contributed by atoms with Crippen molar-refractivity contribution in [3.05, 3.63) is 36.3 Å². The molecule has 2 aromatic rings. The highest BCUT2D eigenvalue weighted by Gasteiger charge is 2.30. The molecule has 0 N–H and O–H groups in total. The Balaban J connectivity index is 1.74. The first-order valence-corrected chi connectivity index (χ1v) is 8.35. The number of imidazole rings is 1. The summed E-state index contributed by atoms with van der Waals surface area (Å²) in [5.74, 6) is 0. The van der Waals surface area contributed by atoms with Crippen LogP contribution >= 0.6 is 0 Å². The maximum absolute atomic E-state index is 12.5. The van der Waals surface area contributed by atoms with Crippen molar-refractivity contribution in [1.82, 2.24) is 14.3 Å². The second-order valence-electron chi connectivity index (χ2n) is 7.23. The van der Waals surface area contributed by atoms with Gasteiger partial charge >= 0.3 is 6.09 Å². The molecule has 0 aliphatic carbocycles. The van der Waals surface area contributed by atoms with E-state index in [0.29, 0.717) is 0 Å². The first-order chi connectivity index (χ1) is 10.9. The number of fused-ring (bicyclic) bond motifs is 1. The van der Waals surface area contributed by atoms with Crippen LogP contribution in [-0.4, -0.2) is 38.6 Å². The first-order valence-electron chi connectivity index (χ1n) is 8.35. The fourth-order valence-corrected chi connectivity index (χ4v) is 3.10. The summed E-state index contributed by atoms with van der Waals surface area (Å²) in [6.45, 7) is 6.50. The predicted octanol–water partition coefficient (Wildman–Crippen LogP) is 3.67. The third-order valence-corrected chi connectivity index (χ3v) is 4.11. The van der Waals surface area contributed by atoms with Gasteiger partial charge in [-0.05, 0) is 52.2 Å². The summed E-state index contributed by atoms with van der Waals surface area (Å²) in [6, 6.07) is 6.14. The number of piperidine rings is 1. The predicted molar refractivity (Wildman–Crippen MR) is 89.5 cm³/mol. The van der Waals surface area contributed by atoms with Crippen LogP contribution in [0, 0.1) is 0 Å². The van der Waals surface area contributed by atoms with Gasteiger partial charge in [-0.1, -0.05) is 6.07 Å². The quantitative estimate of drug-likeness (QED) is 0.849. The number of likely N-dealkylation sites (tertiary alicyclic amines) is 1. The molecule has 23 heavy (non-hydrogen) atoms. The van der Waals surface area contributed by atoms with Gasteiger partial charge in [0.15, 0.2) is 0 Å². The molecule has 5 heteroatoms. The van der Waals surface area contributed by atoms with E-state index in [2.05, 4.69) is 11.2 Å². The van der Waals surface area contributed by atoms with Crippen LogP contribution in [0.3, 0.4) is 0 Å². The van der Waals surface area contributed by atoms with Crippen LogP contribution in [0.5, 0.6) is 0 Å². The summed E-state index contributed by atoms with van der Waals surface area (Å²) in [7, 11) is 0. The Morgan fingerprint density at radius 2 is 2.17 bits per heavy atom. The average Bonchev–Trinajstić information content (AvgIpc) is 2.88. The molecule has 0 bridgehead atoms. The Morgan fingerprint density at radius 1 is 1.35 bits per heavy atom. The molecule has 1 fully saturated rings. The van der Waals surface area contributed by atoms with E-state index in [1.54, 1.807) is 0 Å². The molecule has 5 nitrogen and oxygen atoms in total. The van der Waals surface area contributed by atoms with Gasteiger partial charge in [0, 0.05) is 31.4 Å². The molecule has 3 heterocycles. The molecule has 0 spiro atoms. The van der Waals surface area contributed by atoms with E-state index in [9.17, 15) is 4.79 Å². The minimum atomic E-state index is -0.456. The third kappa shape index (κ3) is 3.84. The fourth-order valence-electron chi connectivity index (χ4n) is 3.10. The third-order valence-electron chi connectivity index (χ3n) is 4.11.